The van der Waals surface area contributed by atoms with E-state index >= 15 is 0 Å². The summed E-state index contributed by atoms with van der Waals surface area (Å²) < 4.78 is 9.57. The first kappa shape index (κ1) is 17.2. The number of carbonyl (C=O) groups is 2. The van der Waals surface area contributed by atoms with E-state index < -0.39 is 11.0 Å². The van der Waals surface area contributed by atoms with Crippen LogP contribution in [0.25, 0.3) is 0 Å². The number of nitrogens with one attached hydrogen (secondary N) is 2. The highest BCUT2D eigenvalue weighted by atomic mass is 16.5. The average molecular weight is 297 g/mol. The lowest BCUT2D eigenvalue weighted by molar-refractivity contribution is -0.758. The van der Waals surface area contributed by atoms with Gasteiger partial charge in [0.25, 0.3) is 5.91 Å². The van der Waals surface area contributed by atoms with Gasteiger partial charge in [0.05, 0.1) is 13.2 Å². The van der Waals surface area contributed by atoms with Gasteiger partial charge in [0.1, 0.15) is 6.54 Å². The van der Waals surface area contributed by atoms with Crippen LogP contribution >= 0.6 is 0 Å². The smallest absolute Gasteiger partial charge is 0.362 e. The number of hydrogen-bond acceptors (Lipinski definition) is 6. The Balaban J connectivity index is 2.71. The summed E-state index contributed by atoms with van der Waals surface area (Å²) in [5.74, 6) is -1.08. The molecule has 2 N–H and O–H groups in total. The lowest BCUT2D eigenvalue weighted by Gasteiger charge is -2.18. The van der Waals surface area contributed by atoms with Crippen molar-refractivity contribution >= 4 is 11.8 Å². The predicted octanol–water partition coefficient (Wildman–Crippen LogP) is -1.37. The van der Waals surface area contributed by atoms with Crippen LogP contribution in [0.15, 0.2) is 18.3 Å². The topological polar surface area (TPSA) is 105 Å². The molecule has 0 radical (unpaired) electrons. The van der Waals surface area contributed by atoms with Crippen molar-refractivity contribution in [1.82, 2.24) is 10.3 Å². The predicted molar refractivity (Wildman–Crippen MR) is 73.8 cm³/mol. The number of amides is 2. The molecule has 0 spiro atoms. The molecule has 1 heterocycles. The average Bonchev–Trinajstić information content (AvgIpc) is 2.52. The van der Waals surface area contributed by atoms with Crippen molar-refractivity contribution in [3.63, 3.8) is 0 Å². The molecule has 8 heteroatoms. The largest absolute Gasteiger partial charge is 0.626 e. The number of quaternary nitrogens is 1. The third-order valence-electron chi connectivity index (χ3n) is 2.63. The molecule has 1 atom stereocenters. The number of hydrogen-bond donors (Lipinski definition) is 2. The number of methoxy groups -OCH3 is 2. The fourth-order valence-electron chi connectivity index (χ4n) is 1.52. The van der Waals surface area contributed by atoms with Gasteiger partial charge in [-0.15, -0.1) is 0 Å². The van der Waals surface area contributed by atoms with E-state index in [0.29, 0.717) is 13.2 Å². The second kappa shape index (κ2) is 9.14. The summed E-state index contributed by atoms with van der Waals surface area (Å²) in [5, 5.41) is 13.6. The first-order chi connectivity index (χ1) is 10.1. The minimum Gasteiger partial charge on any atom is -0.626 e. The Bertz CT molecular complexity index is 481. The van der Waals surface area contributed by atoms with E-state index in [1.807, 2.05) is 0 Å². The van der Waals surface area contributed by atoms with Gasteiger partial charge in [-0.1, -0.05) is 0 Å². The highest BCUT2D eigenvalue weighted by molar-refractivity contribution is 5.96. The molecule has 0 fully saturated rings. The summed E-state index contributed by atoms with van der Waals surface area (Å²) in [6.45, 7) is 0.898. The van der Waals surface area contributed by atoms with Crippen molar-refractivity contribution in [2.45, 2.75) is 0 Å². The van der Waals surface area contributed by atoms with Crippen molar-refractivity contribution in [3.05, 3.63) is 34.8 Å². The molecule has 0 bridgehead atoms. The van der Waals surface area contributed by atoms with E-state index in [4.69, 9.17) is 9.47 Å². The van der Waals surface area contributed by atoms with Gasteiger partial charge in [-0.05, 0) is 12.1 Å². The van der Waals surface area contributed by atoms with Gasteiger partial charge in [-0.25, -0.2) is 9.78 Å². The zero-order valence-corrected chi connectivity index (χ0v) is 12.0. The third kappa shape index (κ3) is 5.56. The summed E-state index contributed by atoms with van der Waals surface area (Å²) in [4.78, 5) is 27.5. The number of hydroxylamine groups is 2. The maximum atomic E-state index is 11.9. The first-order valence-electron chi connectivity index (χ1n) is 6.39. The molecular weight excluding hydrogens is 278 g/mol. The Hall–Kier alpha value is -1.87. The Morgan fingerprint density at radius 2 is 2.05 bits per heavy atom. The minimum atomic E-state index is -0.724. The summed E-state index contributed by atoms with van der Waals surface area (Å²) in [6.07, 6.45) is 1.32. The summed E-state index contributed by atoms with van der Waals surface area (Å²) in [6, 6.07) is 2.77. The molecule has 1 unspecified atom stereocenters. The van der Waals surface area contributed by atoms with Crippen molar-refractivity contribution in [3.8, 4) is 0 Å². The van der Waals surface area contributed by atoms with Gasteiger partial charge in [0.15, 0.2) is 5.69 Å². The van der Waals surface area contributed by atoms with Crippen molar-refractivity contribution in [2.75, 3.05) is 40.5 Å². The van der Waals surface area contributed by atoms with Crippen LogP contribution in [0.2, 0.25) is 0 Å². The molecule has 1 aromatic rings. The van der Waals surface area contributed by atoms with Gasteiger partial charge >= 0.3 is 5.91 Å². The van der Waals surface area contributed by atoms with Crippen molar-refractivity contribution < 1.29 is 24.1 Å². The number of carbonyl (C=O) groups excluding carboxylic acids is 2. The van der Waals surface area contributed by atoms with E-state index in [9.17, 15) is 14.8 Å². The second-order valence-electron chi connectivity index (χ2n) is 4.17. The molecule has 1 rings (SSSR count). The van der Waals surface area contributed by atoms with Gasteiger partial charge in [0.2, 0.25) is 0 Å². The van der Waals surface area contributed by atoms with Crippen LogP contribution in [0, 0.1) is 5.21 Å². The Morgan fingerprint density at radius 1 is 1.33 bits per heavy atom. The Labute approximate surface area is 122 Å². The van der Waals surface area contributed by atoms with Crippen LogP contribution < -0.4 is 10.4 Å². The summed E-state index contributed by atoms with van der Waals surface area (Å²) >= 11 is 0. The van der Waals surface area contributed by atoms with Crippen LogP contribution in [0.5, 0.6) is 0 Å². The zero-order chi connectivity index (χ0) is 15.7. The molecule has 116 valence electrons. The van der Waals surface area contributed by atoms with Gasteiger partial charge in [-0.3, -0.25) is 4.79 Å². The van der Waals surface area contributed by atoms with Crippen LogP contribution in [0.4, 0.5) is 0 Å². The molecular formula is C13H19N3O5. The third-order valence-corrected chi connectivity index (χ3v) is 2.63. The SMILES string of the molecule is COCCNC(=O)c1ccnc(C(=O)[NH+]([O-])CCOC)c1. The van der Waals surface area contributed by atoms with E-state index in [2.05, 4.69) is 10.3 Å². The van der Waals surface area contributed by atoms with Crippen LogP contribution in [-0.2, 0) is 9.47 Å². The Morgan fingerprint density at radius 3 is 2.71 bits per heavy atom. The van der Waals surface area contributed by atoms with E-state index in [0.717, 1.165) is 0 Å². The van der Waals surface area contributed by atoms with Gasteiger partial charge < -0.3 is 25.1 Å². The number of ether oxygens (including phenoxy) is 2. The molecule has 0 aliphatic heterocycles. The molecule has 2 amide bonds. The number of rotatable bonds is 8. The molecule has 0 saturated carbocycles. The van der Waals surface area contributed by atoms with Crippen molar-refractivity contribution in [2.24, 2.45) is 0 Å². The first-order valence-corrected chi connectivity index (χ1v) is 6.39. The maximum absolute atomic E-state index is 11.9. The lowest BCUT2D eigenvalue weighted by atomic mass is 10.2. The van der Waals surface area contributed by atoms with Crippen LogP contribution in [0.1, 0.15) is 20.8 Å². The maximum Gasteiger partial charge on any atom is 0.362 e. The van der Waals surface area contributed by atoms with E-state index in [1.165, 1.54) is 32.5 Å². The molecule has 8 nitrogen and oxygen atoms in total. The van der Waals surface area contributed by atoms with E-state index in [1.54, 1.807) is 0 Å². The lowest BCUT2D eigenvalue weighted by Crippen LogP contribution is -3.10. The molecule has 0 saturated heterocycles. The molecule has 0 aliphatic carbocycles. The molecule has 1 aromatic heterocycles. The quantitative estimate of drug-likeness (QED) is 0.453. The van der Waals surface area contributed by atoms with Crippen LogP contribution in [0.3, 0.4) is 0 Å². The number of nitrogens with zero attached hydrogens (tertiary/aromatic N) is 1. The van der Waals surface area contributed by atoms with Crippen molar-refractivity contribution in [1.29, 1.82) is 0 Å². The highest BCUT2D eigenvalue weighted by Crippen LogP contribution is 2.01. The normalized spacial score (nSPS) is 12.0. The van der Waals surface area contributed by atoms with E-state index in [-0.39, 0.29) is 30.3 Å². The molecule has 0 aliphatic rings. The van der Waals surface area contributed by atoms with Gasteiger partial charge in [0, 0.05) is 32.5 Å². The minimum absolute atomic E-state index is 0.0126. The number of pyridine rings is 1. The standard InChI is InChI=1S/C13H19N3O5/c1-20-7-5-15-12(17)10-3-4-14-11(9-10)13(18)16(19)6-8-21-2/h3-4,9,16H,5-8H2,1-2H3,(H,15,17). The summed E-state index contributed by atoms with van der Waals surface area (Å²) in [7, 11) is 2.97. The monoisotopic (exact) mass is 297 g/mol. The van der Waals surface area contributed by atoms with Gasteiger partial charge in [-0.2, -0.15) is 0 Å². The number of aromatic nitrogens is 1. The fourth-order valence-corrected chi connectivity index (χ4v) is 1.52. The Kier molecular flexibility index (Phi) is 7.48. The summed E-state index contributed by atoms with van der Waals surface area (Å²) in [5.41, 5.74) is 0.222. The van der Waals surface area contributed by atoms with Crippen LogP contribution in [-0.4, -0.2) is 57.3 Å². The zero-order valence-electron chi connectivity index (χ0n) is 12.0. The second-order valence-corrected chi connectivity index (χ2v) is 4.17. The molecule has 0 aromatic carbocycles. The molecule has 21 heavy (non-hydrogen) atoms. The highest BCUT2D eigenvalue weighted by Gasteiger charge is 2.17. The fraction of sp³-hybridized carbons (Fsp3) is 0.462.